The number of rotatable bonds is 5. The number of ether oxygens (including phenoxy) is 1. The van der Waals surface area contributed by atoms with Gasteiger partial charge in [-0.2, -0.15) is 0 Å². The number of fused-ring (bicyclic) bond motifs is 1. The van der Waals surface area contributed by atoms with E-state index in [2.05, 4.69) is 18.3 Å². The molecule has 4 heteroatoms. The standard InChI is InChI=1S/C25H29NO3/c1-3-18(19-9-7-8-10-19)15-17-13-14-22-21(16-17)25(28,20-11-5-4-6-12-20)23(29-2)24(27)26-22/h4-6,11-16,19,23,28H,3,7-10H2,1-2H3,(H,26,27)/b18-15+. The first-order chi connectivity index (χ1) is 14.1. The van der Waals surface area contributed by atoms with E-state index in [-0.39, 0.29) is 5.91 Å². The molecule has 1 fully saturated rings. The van der Waals surface area contributed by atoms with Crippen molar-refractivity contribution in [2.75, 3.05) is 12.4 Å². The predicted octanol–water partition coefficient (Wildman–Crippen LogP) is 4.87. The van der Waals surface area contributed by atoms with Gasteiger partial charge in [0, 0.05) is 18.4 Å². The van der Waals surface area contributed by atoms with Crippen LogP contribution in [-0.2, 0) is 15.1 Å². The molecule has 2 aromatic rings. The van der Waals surface area contributed by atoms with Gasteiger partial charge in [0.2, 0.25) is 0 Å². The summed E-state index contributed by atoms with van der Waals surface area (Å²) < 4.78 is 5.48. The summed E-state index contributed by atoms with van der Waals surface area (Å²) in [6, 6.07) is 15.2. The SMILES string of the molecule is CC/C(=C\c1ccc2c(c1)C(O)(c1ccccc1)C(OC)C(=O)N2)C1CCCC1. The highest BCUT2D eigenvalue weighted by molar-refractivity contribution is 5.99. The lowest BCUT2D eigenvalue weighted by Gasteiger charge is -2.40. The average Bonchev–Trinajstić information content (AvgIpc) is 3.28. The quantitative estimate of drug-likeness (QED) is 0.764. The minimum absolute atomic E-state index is 0.338. The number of carbonyl (C=O) groups excluding carboxylic acids is 1. The van der Waals surface area contributed by atoms with E-state index in [4.69, 9.17) is 4.74 Å². The molecule has 2 unspecified atom stereocenters. The van der Waals surface area contributed by atoms with Crippen LogP contribution in [-0.4, -0.2) is 24.2 Å². The summed E-state index contributed by atoms with van der Waals surface area (Å²) in [6.07, 6.45) is 7.42. The van der Waals surface area contributed by atoms with Crippen LogP contribution in [0, 0.1) is 5.92 Å². The van der Waals surface area contributed by atoms with Gasteiger partial charge in [-0.25, -0.2) is 0 Å². The highest BCUT2D eigenvalue weighted by Crippen LogP contribution is 2.43. The fourth-order valence-electron chi connectivity index (χ4n) is 4.90. The molecule has 1 saturated carbocycles. The van der Waals surface area contributed by atoms with Crippen molar-refractivity contribution in [1.29, 1.82) is 0 Å². The first-order valence-corrected chi connectivity index (χ1v) is 10.5. The number of hydrogen-bond acceptors (Lipinski definition) is 3. The van der Waals surface area contributed by atoms with Gasteiger partial charge in [0.05, 0.1) is 0 Å². The van der Waals surface area contributed by atoms with Crippen LogP contribution in [0.4, 0.5) is 5.69 Å². The van der Waals surface area contributed by atoms with E-state index < -0.39 is 11.7 Å². The van der Waals surface area contributed by atoms with Crippen LogP contribution < -0.4 is 5.32 Å². The number of benzene rings is 2. The Morgan fingerprint density at radius 2 is 1.93 bits per heavy atom. The van der Waals surface area contributed by atoms with Crippen LogP contribution >= 0.6 is 0 Å². The van der Waals surface area contributed by atoms with Crippen molar-refractivity contribution in [3.05, 3.63) is 70.8 Å². The highest BCUT2D eigenvalue weighted by Gasteiger charge is 2.49. The van der Waals surface area contributed by atoms with Gasteiger partial charge in [-0.15, -0.1) is 0 Å². The molecule has 2 aromatic carbocycles. The lowest BCUT2D eigenvalue weighted by atomic mass is 9.77. The van der Waals surface area contributed by atoms with Gasteiger partial charge < -0.3 is 15.2 Å². The molecular weight excluding hydrogens is 362 g/mol. The molecule has 4 nitrogen and oxygen atoms in total. The third kappa shape index (κ3) is 3.52. The smallest absolute Gasteiger partial charge is 0.257 e. The third-order valence-corrected chi connectivity index (χ3v) is 6.42. The number of anilines is 1. The van der Waals surface area contributed by atoms with Gasteiger partial charge in [0.15, 0.2) is 11.7 Å². The van der Waals surface area contributed by atoms with Crippen LogP contribution in [0.5, 0.6) is 0 Å². The fraction of sp³-hybridized carbons (Fsp3) is 0.400. The summed E-state index contributed by atoms with van der Waals surface area (Å²) in [7, 11) is 1.46. The Labute approximate surface area is 172 Å². The Morgan fingerprint density at radius 3 is 2.59 bits per heavy atom. The fourth-order valence-corrected chi connectivity index (χ4v) is 4.90. The molecule has 0 spiro atoms. The molecular formula is C25H29NO3. The highest BCUT2D eigenvalue weighted by atomic mass is 16.5. The monoisotopic (exact) mass is 391 g/mol. The number of aliphatic hydroxyl groups is 1. The minimum atomic E-state index is -1.54. The zero-order chi connectivity index (χ0) is 20.4. The Morgan fingerprint density at radius 1 is 1.21 bits per heavy atom. The van der Waals surface area contributed by atoms with Crippen LogP contribution in [0.1, 0.15) is 55.7 Å². The van der Waals surface area contributed by atoms with Crippen LogP contribution in [0.15, 0.2) is 54.1 Å². The minimum Gasteiger partial charge on any atom is -0.377 e. The Balaban J connectivity index is 1.83. The molecule has 29 heavy (non-hydrogen) atoms. The lowest BCUT2D eigenvalue weighted by molar-refractivity contribution is -0.142. The van der Waals surface area contributed by atoms with E-state index in [0.717, 1.165) is 12.0 Å². The van der Waals surface area contributed by atoms with Gasteiger partial charge in [-0.05, 0) is 48.4 Å². The Kier molecular flexibility index (Phi) is 5.57. The second-order valence-corrected chi connectivity index (χ2v) is 8.10. The molecule has 2 atom stereocenters. The number of nitrogens with one attached hydrogen (secondary N) is 1. The largest absolute Gasteiger partial charge is 0.377 e. The van der Waals surface area contributed by atoms with Crippen molar-refractivity contribution in [3.63, 3.8) is 0 Å². The van der Waals surface area contributed by atoms with E-state index in [1.165, 1.54) is 38.4 Å². The molecule has 1 aliphatic carbocycles. The second kappa shape index (κ2) is 8.13. The van der Waals surface area contributed by atoms with Crippen LogP contribution in [0.2, 0.25) is 0 Å². The zero-order valence-corrected chi connectivity index (χ0v) is 17.2. The zero-order valence-electron chi connectivity index (χ0n) is 17.2. The molecule has 152 valence electrons. The van der Waals surface area contributed by atoms with Crippen molar-refractivity contribution in [2.24, 2.45) is 5.92 Å². The Bertz CT molecular complexity index is 915. The van der Waals surface area contributed by atoms with Gasteiger partial charge in [0.25, 0.3) is 5.91 Å². The maximum Gasteiger partial charge on any atom is 0.257 e. The van der Waals surface area contributed by atoms with Gasteiger partial charge in [-0.1, -0.05) is 67.8 Å². The lowest BCUT2D eigenvalue weighted by Crippen LogP contribution is -2.52. The van der Waals surface area contributed by atoms with Gasteiger partial charge >= 0.3 is 0 Å². The van der Waals surface area contributed by atoms with Crippen molar-refractivity contribution < 1.29 is 14.6 Å². The first kappa shape index (κ1) is 19.9. The summed E-state index contributed by atoms with van der Waals surface area (Å²) in [6.45, 7) is 2.21. The summed E-state index contributed by atoms with van der Waals surface area (Å²) in [4.78, 5) is 12.7. The van der Waals surface area contributed by atoms with Crippen molar-refractivity contribution in [2.45, 2.75) is 50.7 Å². The summed E-state index contributed by atoms with van der Waals surface area (Å²) in [5.41, 5.74) is 2.92. The van der Waals surface area contributed by atoms with Gasteiger partial charge in [-0.3, -0.25) is 4.79 Å². The summed E-state index contributed by atoms with van der Waals surface area (Å²) >= 11 is 0. The van der Waals surface area contributed by atoms with Crippen molar-refractivity contribution in [3.8, 4) is 0 Å². The maximum absolute atomic E-state index is 12.7. The molecule has 2 N–H and O–H groups in total. The molecule has 0 aromatic heterocycles. The predicted molar refractivity (Wildman–Crippen MR) is 116 cm³/mol. The van der Waals surface area contributed by atoms with E-state index in [1.807, 2.05) is 48.5 Å². The number of carbonyl (C=O) groups is 1. The maximum atomic E-state index is 12.7. The first-order valence-electron chi connectivity index (χ1n) is 10.5. The summed E-state index contributed by atoms with van der Waals surface area (Å²) in [5, 5.41) is 14.7. The van der Waals surface area contributed by atoms with E-state index in [9.17, 15) is 9.90 Å². The van der Waals surface area contributed by atoms with E-state index in [0.29, 0.717) is 22.7 Å². The molecule has 1 heterocycles. The van der Waals surface area contributed by atoms with E-state index in [1.54, 1.807) is 0 Å². The van der Waals surface area contributed by atoms with Crippen molar-refractivity contribution in [1.82, 2.24) is 0 Å². The van der Waals surface area contributed by atoms with Crippen molar-refractivity contribution >= 4 is 17.7 Å². The van der Waals surface area contributed by atoms with Gasteiger partial charge in [0.1, 0.15) is 0 Å². The van der Waals surface area contributed by atoms with Crippen LogP contribution in [0.25, 0.3) is 6.08 Å². The number of amides is 1. The number of hydrogen-bond donors (Lipinski definition) is 2. The Hall–Kier alpha value is -2.43. The average molecular weight is 392 g/mol. The van der Waals surface area contributed by atoms with E-state index >= 15 is 0 Å². The third-order valence-electron chi connectivity index (χ3n) is 6.42. The molecule has 0 bridgehead atoms. The number of methoxy groups -OCH3 is 1. The molecule has 0 saturated heterocycles. The molecule has 4 rings (SSSR count). The molecule has 1 amide bonds. The normalized spacial score (nSPS) is 25.0. The van der Waals surface area contributed by atoms with Crippen LogP contribution in [0.3, 0.4) is 0 Å². The number of allylic oxidation sites excluding steroid dienone is 1. The molecule has 0 radical (unpaired) electrons. The second-order valence-electron chi connectivity index (χ2n) is 8.10. The molecule has 2 aliphatic rings. The summed E-state index contributed by atoms with van der Waals surface area (Å²) in [5.74, 6) is 0.324. The topological polar surface area (TPSA) is 58.6 Å². The molecule has 1 aliphatic heterocycles.